The van der Waals surface area contributed by atoms with Gasteiger partial charge in [0, 0.05) is 17.7 Å². The third-order valence-electron chi connectivity index (χ3n) is 6.69. The minimum Gasteiger partial charge on any atom is -0.464 e. The van der Waals surface area contributed by atoms with Crippen molar-refractivity contribution in [3.8, 4) is 0 Å². The lowest BCUT2D eigenvalue weighted by Gasteiger charge is -2.33. The van der Waals surface area contributed by atoms with Crippen molar-refractivity contribution in [2.75, 3.05) is 10.6 Å². The van der Waals surface area contributed by atoms with E-state index < -0.39 is 6.04 Å². The Morgan fingerprint density at radius 2 is 1.69 bits per heavy atom. The van der Waals surface area contributed by atoms with E-state index in [2.05, 4.69) is 50.5 Å². The van der Waals surface area contributed by atoms with Gasteiger partial charge in [-0.25, -0.2) is 0 Å². The predicted octanol–water partition coefficient (Wildman–Crippen LogP) is 5.94. The van der Waals surface area contributed by atoms with Gasteiger partial charge in [-0.05, 0) is 68.0 Å². The number of aryl methyl sites for hydroxylation is 3. The van der Waals surface area contributed by atoms with Gasteiger partial charge in [0.1, 0.15) is 11.8 Å². The van der Waals surface area contributed by atoms with Gasteiger partial charge in [-0.1, -0.05) is 25.5 Å². The van der Waals surface area contributed by atoms with Crippen LogP contribution in [0.15, 0.2) is 57.1 Å². The molecule has 2 heterocycles. The fourth-order valence-corrected chi connectivity index (χ4v) is 4.90. The highest BCUT2D eigenvalue weighted by molar-refractivity contribution is 6.01. The van der Waals surface area contributed by atoms with E-state index in [1.807, 2.05) is 25.1 Å². The van der Waals surface area contributed by atoms with Gasteiger partial charge >= 0.3 is 0 Å². The van der Waals surface area contributed by atoms with Crippen LogP contribution in [0, 0.1) is 26.2 Å². The standard InChI is InChI=1S/C27H28N2O3/c1-14-6-7-23-17(8-14)26(31)18(13-32-23)25-24-21(11-27(4,5)12-22(24)30)28-19-9-15(2)16(3)10-20(19)29-25/h6-10,13,25,28-29H,11-12H2,1-5H3. The normalized spacial score (nSPS) is 19.7. The summed E-state index contributed by atoms with van der Waals surface area (Å²) in [6, 6.07) is 9.19. The van der Waals surface area contributed by atoms with Crippen LogP contribution >= 0.6 is 0 Å². The molecule has 1 aliphatic carbocycles. The van der Waals surface area contributed by atoms with E-state index in [1.165, 1.54) is 11.8 Å². The third kappa shape index (κ3) is 3.32. The Hall–Kier alpha value is -3.34. The molecule has 0 saturated heterocycles. The summed E-state index contributed by atoms with van der Waals surface area (Å²) in [6.45, 7) is 10.3. The number of nitrogens with one attached hydrogen (secondary N) is 2. The number of benzene rings is 2. The Labute approximate surface area is 187 Å². The molecule has 3 aromatic rings. The second kappa shape index (κ2) is 7.09. The molecule has 0 saturated carbocycles. The summed E-state index contributed by atoms with van der Waals surface area (Å²) in [7, 11) is 0. The molecular formula is C27H28N2O3. The molecule has 32 heavy (non-hydrogen) atoms. The molecule has 0 bridgehead atoms. The third-order valence-corrected chi connectivity index (χ3v) is 6.69. The number of rotatable bonds is 1. The molecule has 0 fully saturated rings. The minimum atomic E-state index is -0.578. The molecule has 2 N–H and O–H groups in total. The molecule has 1 aromatic heterocycles. The summed E-state index contributed by atoms with van der Waals surface area (Å²) in [5.41, 5.74) is 7.37. The Balaban J connectivity index is 1.76. The fraction of sp³-hybridized carbons (Fsp3) is 0.333. The molecule has 0 radical (unpaired) electrons. The first-order valence-electron chi connectivity index (χ1n) is 11.1. The van der Waals surface area contributed by atoms with Crippen molar-refractivity contribution in [3.63, 3.8) is 0 Å². The highest BCUT2D eigenvalue weighted by atomic mass is 16.3. The van der Waals surface area contributed by atoms with E-state index in [4.69, 9.17) is 4.42 Å². The average Bonchev–Trinajstić information content (AvgIpc) is 2.84. The van der Waals surface area contributed by atoms with Crippen molar-refractivity contribution in [1.29, 1.82) is 0 Å². The lowest BCUT2D eigenvalue weighted by molar-refractivity contribution is -0.118. The van der Waals surface area contributed by atoms with Crippen LogP contribution in [-0.2, 0) is 4.79 Å². The summed E-state index contributed by atoms with van der Waals surface area (Å²) in [5.74, 6) is 0.0613. The Morgan fingerprint density at radius 1 is 0.969 bits per heavy atom. The summed E-state index contributed by atoms with van der Waals surface area (Å²) in [4.78, 5) is 27.0. The van der Waals surface area contributed by atoms with Gasteiger partial charge in [0.05, 0.1) is 28.4 Å². The maximum atomic E-state index is 13.6. The number of hydrogen-bond acceptors (Lipinski definition) is 5. The van der Waals surface area contributed by atoms with E-state index in [0.29, 0.717) is 28.5 Å². The topological polar surface area (TPSA) is 71.3 Å². The average molecular weight is 429 g/mol. The van der Waals surface area contributed by atoms with Crippen molar-refractivity contribution in [1.82, 2.24) is 0 Å². The monoisotopic (exact) mass is 428 g/mol. The molecule has 1 unspecified atom stereocenters. The number of carbonyl (C=O) groups is 1. The van der Waals surface area contributed by atoms with Crippen LogP contribution in [0.2, 0.25) is 0 Å². The number of anilines is 2. The highest BCUT2D eigenvalue weighted by Crippen LogP contribution is 2.45. The summed E-state index contributed by atoms with van der Waals surface area (Å²) in [5, 5.41) is 7.60. The molecular weight excluding hydrogens is 400 g/mol. The van der Waals surface area contributed by atoms with Crippen LogP contribution < -0.4 is 16.1 Å². The second-order valence-corrected chi connectivity index (χ2v) is 10.0. The zero-order valence-electron chi connectivity index (χ0n) is 19.2. The van der Waals surface area contributed by atoms with E-state index in [0.717, 1.165) is 34.6 Å². The zero-order chi connectivity index (χ0) is 22.8. The largest absolute Gasteiger partial charge is 0.464 e. The first-order chi connectivity index (χ1) is 15.1. The van der Waals surface area contributed by atoms with E-state index in [1.54, 1.807) is 0 Å². The predicted molar refractivity (Wildman–Crippen MR) is 128 cm³/mol. The maximum Gasteiger partial charge on any atom is 0.198 e. The van der Waals surface area contributed by atoms with Crippen molar-refractivity contribution in [2.24, 2.45) is 5.41 Å². The van der Waals surface area contributed by atoms with Crippen molar-refractivity contribution >= 4 is 28.1 Å². The molecule has 164 valence electrons. The number of ketones is 1. The van der Waals surface area contributed by atoms with Gasteiger partial charge in [-0.3, -0.25) is 9.59 Å². The van der Waals surface area contributed by atoms with Gasteiger partial charge < -0.3 is 15.1 Å². The number of carbonyl (C=O) groups excluding carboxylic acids is 1. The Kier molecular flexibility index (Phi) is 4.55. The van der Waals surface area contributed by atoms with Crippen molar-refractivity contribution in [2.45, 2.75) is 53.5 Å². The van der Waals surface area contributed by atoms with Crippen LogP contribution in [0.5, 0.6) is 0 Å². The number of allylic oxidation sites excluding steroid dienone is 1. The molecule has 5 heteroatoms. The summed E-state index contributed by atoms with van der Waals surface area (Å²) >= 11 is 0. The van der Waals surface area contributed by atoms with Gasteiger partial charge in [0.25, 0.3) is 0 Å². The quantitative estimate of drug-likeness (QED) is 0.502. The van der Waals surface area contributed by atoms with Crippen LogP contribution in [0.3, 0.4) is 0 Å². The molecule has 5 nitrogen and oxygen atoms in total. The lowest BCUT2D eigenvalue weighted by Crippen LogP contribution is -2.33. The van der Waals surface area contributed by atoms with E-state index in [-0.39, 0.29) is 16.6 Å². The minimum absolute atomic E-state index is 0.0613. The highest BCUT2D eigenvalue weighted by Gasteiger charge is 2.39. The smallest absolute Gasteiger partial charge is 0.198 e. The van der Waals surface area contributed by atoms with Crippen molar-refractivity contribution < 1.29 is 9.21 Å². The SMILES string of the molecule is Cc1ccc2occ(C3Nc4cc(C)c(C)cc4NC4=C3C(=O)CC(C)(C)C4)c(=O)c2c1. The van der Waals surface area contributed by atoms with Gasteiger partial charge in [0.2, 0.25) is 0 Å². The van der Waals surface area contributed by atoms with Crippen LogP contribution in [0.1, 0.15) is 55.0 Å². The van der Waals surface area contributed by atoms with Crippen LogP contribution in [0.25, 0.3) is 11.0 Å². The lowest BCUT2D eigenvalue weighted by atomic mass is 9.73. The number of Topliss-reactive ketones (excluding diaryl/α,β-unsaturated/α-hetero) is 1. The molecule has 5 rings (SSSR count). The second-order valence-electron chi connectivity index (χ2n) is 10.0. The van der Waals surface area contributed by atoms with E-state index in [9.17, 15) is 9.59 Å². The molecule has 2 aliphatic rings. The van der Waals surface area contributed by atoms with E-state index >= 15 is 0 Å². The summed E-state index contributed by atoms with van der Waals surface area (Å²) < 4.78 is 5.87. The Bertz CT molecular complexity index is 1380. The van der Waals surface area contributed by atoms with Crippen molar-refractivity contribution in [3.05, 3.63) is 80.3 Å². The zero-order valence-corrected chi connectivity index (χ0v) is 19.2. The van der Waals surface area contributed by atoms with Gasteiger partial charge in [-0.2, -0.15) is 0 Å². The number of fused-ring (bicyclic) bond motifs is 2. The van der Waals surface area contributed by atoms with Crippen LogP contribution in [0.4, 0.5) is 11.4 Å². The maximum absolute atomic E-state index is 13.6. The Morgan fingerprint density at radius 3 is 2.44 bits per heavy atom. The molecule has 2 aromatic carbocycles. The first kappa shape index (κ1) is 20.6. The van der Waals surface area contributed by atoms with Gasteiger partial charge in [-0.15, -0.1) is 0 Å². The fourth-order valence-electron chi connectivity index (χ4n) is 4.90. The molecule has 0 amide bonds. The molecule has 1 atom stereocenters. The molecule has 0 spiro atoms. The summed E-state index contributed by atoms with van der Waals surface area (Å²) in [6.07, 6.45) is 2.69. The first-order valence-corrected chi connectivity index (χ1v) is 11.1. The van der Waals surface area contributed by atoms with Crippen LogP contribution in [-0.4, -0.2) is 5.78 Å². The van der Waals surface area contributed by atoms with Gasteiger partial charge in [0.15, 0.2) is 11.2 Å². The number of hydrogen-bond donors (Lipinski definition) is 2. The molecule has 1 aliphatic heterocycles.